The molecule has 92 valence electrons. The molecule has 0 saturated heterocycles. The Morgan fingerprint density at radius 1 is 1.33 bits per heavy atom. The Morgan fingerprint density at radius 2 is 2.11 bits per heavy atom. The summed E-state index contributed by atoms with van der Waals surface area (Å²) in [5.41, 5.74) is 2.72. The first kappa shape index (κ1) is 11.2. The molecular weight excluding hydrogens is 224 g/mol. The van der Waals surface area contributed by atoms with Gasteiger partial charge in [-0.1, -0.05) is 30.7 Å². The first-order valence-corrected chi connectivity index (χ1v) is 6.38. The molecule has 0 spiro atoms. The molecule has 1 fully saturated rings. The molecule has 1 aliphatic carbocycles. The highest BCUT2D eigenvalue weighted by Crippen LogP contribution is 2.38. The first-order chi connectivity index (χ1) is 8.75. The quantitative estimate of drug-likeness (QED) is 0.773. The topological polar surface area (TPSA) is 34.9 Å². The van der Waals surface area contributed by atoms with Gasteiger partial charge in [-0.05, 0) is 24.3 Å². The summed E-state index contributed by atoms with van der Waals surface area (Å²) >= 11 is 0. The van der Waals surface area contributed by atoms with E-state index in [1.54, 1.807) is 17.1 Å². The van der Waals surface area contributed by atoms with Crippen LogP contribution in [0.15, 0.2) is 36.7 Å². The largest absolute Gasteiger partial charge is 0.288 e. The zero-order valence-electron chi connectivity index (χ0n) is 10.5. The summed E-state index contributed by atoms with van der Waals surface area (Å²) in [5.74, 6) is 0.660. The van der Waals surface area contributed by atoms with Crippen molar-refractivity contribution in [3.05, 3.63) is 53.3 Å². The van der Waals surface area contributed by atoms with Crippen molar-refractivity contribution in [3.63, 3.8) is 0 Å². The third kappa shape index (κ3) is 1.86. The Hall–Kier alpha value is -1.90. The van der Waals surface area contributed by atoms with E-state index in [0.29, 0.717) is 11.5 Å². The summed E-state index contributed by atoms with van der Waals surface area (Å²) < 4.78 is 1.67. The van der Waals surface area contributed by atoms with Gasteiger partial charge in [-0.25, -0.2) is 0 Å². The summed E-state index contributed by atoms with van der Waals surface area (Å²) in [5, 5.41) is 4.07. The Labute approximate surface area is 106 Å². The molecule has 3 rings (SSSR count). The summed E-state index contributed by atoms with van der Waals surface area (Å²) in [7, 11) is 1.83. The molecule has 1 aromatic heterocycles. The van der Waals surface area contributed by atoms with Crippen LogP contribution in [-0.4, -0.2) is 15.6 Å². The summed E-state index contributed by atoms with van der Waals surface area (Å²) in [6.07, 6.45) is 7.11. The van der Waals surface area contributed by atoms with E-state index in [-0.39, 0.29) is 5.78 Å². The molecule has 0 atom stereocenters. The Kier molecular flexibility index (Phi) is 2.74. The van der Waals surface area contributed by atoms with Gasteiger partial charge in [0.25, 0.3) is 0 Å². The predicted octanol–water partition coefficient (Wildman–Crippen LogP) is 2.92. The van der Waals surface area contributed by atoms with E-state index >= 15 is 0 Å². The van der Waals surface area contributed by atoms with Crippen LogP contribution in [0, 0.1) is 0 Å². The van der Waals surface area contributed by atoms with Crippen molar-refractivity contribution in [2.75, 3.05) is 0 Å². The van der Waals surface area contributed by atoms with E-state index in [1.807, 2.05) is 25.2 Å². The van der Waals surface area contributed by atoms with Crippen molar-refractivity contribution in [1.82, 2.24) is 9.78 Å². The number of carbonyl (C=O) groups excluding carboxylic acids is 1. The van der Waals surface area contributed by atoms with Gasteiger partial charge in [0.05, 0.1) is 11.8 Å². The average molecular weight is 240 g/mol. The van der Waals surface area contributed by atoms with Crippen LogP contribution in [0.5, 0.6) is 0 Å². The number of carbonyl (C=O) groups is 1. The third-order valence-electron chi connectivity index (χ3n) is 3.72. The molecule has 3 nitrogen and oxygen atoms in total. The van der Waals surface area contributed by atoms with E-state index in [1.165, 1.54) is 24.8 Å². The lowest BCUT2D eigenvalue weighted by molar-refractivity contribution is 0.103. The number of aryl methyl sites for hydroxylation is 1. The van der Waals surface area contributed by atoms with Gasteiger partial charge in [0.2, 0.25) is 0 Å². The molecule has 0 radical (unpaired) electrons. The number of hydrogen-bond acceptors (Lipinski definition) is 2. The summed E-state index contributed by atoms with van der Waals surface area (Å²) in [6.45, 7) is 0. The van der Waals surface area contributed by atoms with Crippen molar-refractivity contribution in [1.29, 1.82) is 0 Å². The van der Waals surface area contributed by atoms with Crippen molar-refractivity contribution >= 4 is 5.78 Å². The minimum atomic E-state index is 0.0885. The fourth-order valence-corrected chi connectivity index (χ4v) is 2.47. The van der Waals surface area contributed by atoms with Gasteiger partial charge in [0.15, 0.2) is 5.78 Å². The Bertz CT molecular complexity index is 582. The smallest absolute Gasteiger partial charge is 0.196 e. The van der Waals surface area contributed by atoms with Gasteiger partial charge in [-0.2, -0.15) is 5.10 Å². The molecule has 0 bridgehead atoms. The molecule has 0 amide bonds. The van der Waals surface area contributed by atoms with Crippen molar-refractivity contribution in [2.45, 2.75) is 25.2 Å². The second-order valence-corrected chi connectivity index (χ2v) is 4.95. The minimum Gasteiger partial charge on any atom is -0.288 e. The normalized spacial score (nSPS) is 15.4. The van der Waals surface area contributed by atoms with Gasteiger partial charge < -0.3 is 0 Å². The fourth-order valence-electron chi connectivity index (χ4n) is 2.47. The lowest BCUT2D eigenvalue weighted by Gasteiger charge is -2.27. The highest BCUT2D eigenvalue weighted by molar-refractivity contribution is 6.09. The van der Waals surface area contributed by atoms with Crippen LogP contribution in [-0.2, 0) is 7.05 Å². The van der Waals surface area contributed by atoms with Gasteiger partial charge in [-0.3, -0.25) is 9.48 Å². The Balaban J connectivity index is 1.98. The number of rotatable bonds is 3. The molecule has 0 unspecified atom stereocenters. The van der Waals surface area contributed by atoms with Crippen LogP contribution in [0.1, 0.15) is 46.7 Å². The maximum atomic E-state index is 12.5. The standard InChI is InChI=1S/C15H16N2O/c1-17-10-12(9-16-17)15(18)14-8-3-2-7-13(14)11-5-4-6-11/h2-3,7-11H,4-6H2,1H3. The monoisotopic (exact) mass is 240 g/mol. The van der Waals surface area contributed by atoms with Crippen LogP contribution >= 0.6 is 0 Å². The number of hydrogen-bond donors (Lipinski definition) is 0. The van der Waals surface area contributed by atoms with Crippen molar-refractivity contribution < 1.29 is 4.79 Å². The molecule has 3 heteroatoms. The zero-order valence-corrected chi connectivity index (χ0v) is 10.5. The predicted molar refractivity (Wildman–Crippen MR) is 69.7 cm³/mol. The van der Waals surface area contributed by atoms with E-state index < -0.39 is 0 Å². The lowest BCUT2D eigenvalue weighted by Crippen LogP contribution is -2.14. The SMILES string of the molecule is Cn1cc(C(=O)c2ccccc2C2CCC2)cn1. The number of nitrogens with zero attached hydrogens (tertiary/aromatic N) is 2. The average Bonchev–Trinajstić information content (AvgIpc) is 2.74. The second-order valence-electron chi connectivity index (χ2n) is 4.95. The van der Waals surface area contributed by atoms with Gasteiger partial charge >= 0.3 is 0 Å². The number of ketones is 1. The van der Waals surface area contributed by atoms with Crippen LogP contribution in [0.4, 0.5) is 0 Å². The highest BCUT2D eigenvalue weighted by atomic mass is 16.1. The molecular formula is C15H16N2O. The van der Waals surface area contributed by atoms with E-state index in [4.69, 9.17) is 0 Å². The van der Waals surface area contributed by atoms with Gasteiger partial charge in [0.1, 0.15) is 0 Å². The maximum Gasteiger partial charge on any atom is 0.196 e. The molecule has 2 aromatic rings. The number of aromatic nitrogens is 2. The molecule has 0 aliphatic heterocycles. The maximum absolute atomic E-state index is 12.5. The van der Waals surface area contributed by atoms with Crippen LogP contribution in [0.25, 0.3) is 0 Å². The highest BCUT2D eigenvalue weighted by Gasteiger charge is 2.24. The molecule has 1 heterocycles. The Morgan fingerprint density at radius 3 is 2.72 bits per heavy atom. The van der Waals surface area contributed by atoms with Gasteiger partial charge in [0, 0.05) is 18.8 Å². The summed E-state index contributed by atoms with van der Waals surface area (Å²) in [6, 6.07) is 7.98. The summed E-state index contributed by atoms with van der Waals surface area (Å²) in [4.78, 5) is 12.5. The number of benzene rings is 1. The van der Waals surface area contributed by atoms with Crippen molar-refractivity contribution in [2.24, 2.45) is 7.05 Å². The van der Waals surface area contributed by atoms with Crippen LogP contribution < -0.4 is 0 Å². The zero-order chi connectivity index (χ0) is 12.5. The van der Waals surface area contributed by atoms with Crippen molar-refractivity contribution in [3.8, 4) is 0 Å². The molecule has 1 aromatic carbocycles. The molecule has 1 saturated carbocycles. The third-order valence-corrected chi connectivity index (χ3v) is 3.72. The second kappa shape index (κ2) is 4.41. The van der Waals surface area contributed by atoms with E-state index in [0.717, 1.165) is 5.56 Å². The van der Waals surface area contributed by atoms with Crippen LogP contribution in [0.2, 0.25) is 0 Å². The van der Waals surface area contributed by atoms with Gasteiger partial charge in [-0.15, -0.1) is 0 Å². The molecule has 1 aliphatic rings. The minimum absolute atomic E-state index is 0.0885. The fraction of sp³-hybridized carbons (Fsp3) is 0.333. The van der Waals surface area contributed by atoms with E-state index in [9.17, 15) is 4.79 Å². The molecule has 18 heavy (non-hydrogen) atoms. The van der Waals surface area contributed by atoms with E-state index in [2.05, 4.69) is 11.2 Å². The molecule has 0 N–H and O–H groups in total. The van der Waals surface area contributed by atoms with Crippen LogP contribution in [0.3, 0.4) is 0 Å². The first-order valence-electron chi connectivity index (χ1n) is 6.38. The lowest BCUT2D eigenvalue weighted by atomic mass is 9.77.